The van der Waals surface area contributed by atoms with E-state index in [2.05, 4.69) is 17.2 Å². The molecule has 1 atom stereocenters. The van der Waals surface area contributed by atoms with Gasteiger partial charge in [-0.05, 0) is 49.1 Å². The van der Waals surface area contributed by atoms with Gasteiger partial charge in [-0.3, -0.25) is 14.5 Å². The Morgan fingerprint density at radius 2 is 1.93 bits per heavy atom. The monoisotopic (exact) mass is 429 g/mol. The van der Waals surface area contributed by atoms with Gasteiger partial charge < -0.3 is 5.32 Å². The maximum Gasteiger partial charge on any atom is 0.242 e. The van der Waals surface area contributed by atoms with Gasteiger partial charge in [0.2, 0.25) is 11.8 Å². The van der Waals surface area contributed by atoms with E-state index in [1.807, 2.05) is 24.3 Å². The molecule has 0 aromatic heterocycles. The first-order chi connectivity index (χ1) is 14.4. The van der Waals surface area contributed by atoms with Crippen LogP contribution in [0.4, 0.5) is 20.2 Å². The van der Waals surface area contributed by atoms with Crippen molar-refractivity contribution in [3.8, 4) is 0 Å². The lowest BCUT2D eigenvalue weighted by Gasteiger charge is -2.15. The van der Waals surface area contributed by atoms with Crippen LogP contribution in [-0.4, -0.2) is 33.2 Å². The van der Waals surface area contributed by atoms with Crippen molar-refractivity contribution >= 4 is 40.1 Å². The Balaban J connectivity index is 1.48. The fraction of sp³-hybridized carbons (Fsp3) is 0.318. The van der Waals surface area contributed by atoms with Gasteiger partial charge in [0.1, 0.15) is 16.9 Å². The molecule has 156 valence electrons. The summed E-state index contributed by atoms with van der Waals surface area (Å²) < 4.78 is 26.8. The predicted octanol–water partition coefficient (Wildman–Crippen LogP) is 4.65. The summed E-state index contributed by atoms with van der Waals surface area (Å²) in [6, 6.07) is 10.9. The molecule has 1 aliphatic heterocycles. The molecule has 2 fully saturated rings. The van der Waals surface area contributed by atoms with Gasteiger partial charge in [-0.1, -0.05) is 30.8 Å². The molecule has 2 amide bonds. The van der Waals surface area contributed by atoms with Crippen molar-refractivity contribution in [1.82, 2.24) is 4.90 Å². The number of rotatable bonds is 6. The minimum atomic E-state index is -0.855. The number of thioether (sulfide) groups is 1. The zero-order valence-corrected chi connectivity index (χ0v) is 17.2. The highest BCUT2D eigenvalue weighted by molar-refractivity contribution is 8.15. The van der Waals surface area contributed by atoms with Gasteiger partial charge in [0.25, 0.3) is 0 Å². The molecule has 0 bridgehead atoms. The summed E-state index contributed by atoms with van der Waals surface area (Å²) in [5.74, 6) is -2.23. The summed E-state index contributed by atoms with van der Waals surface area (Å²) in [6.45, 7) is 2.08. The molecule has 1 saturated heterocycles. The maximum atomic E-state index is 13.8. The number of hydrogen-bond acceptors (Lipinski definition) is 4. The normalized spacial score (nSPS) is 20.1. The molecule has 1 aliphatic carbocycles. The van der Waals surface area contributed by atoms with Gasteiger partial charge in [0.05, 0.1) is 11.4 Å². The molecule has 1 heterocycles. The molecule has 0 spiro atoms. The van der Waals surface area contributed by atoms with Gasteiger partial charge in [-0.2, -0.15) is 0 Å². The van der Waals surface area contributed by atoms with Crippen molar-refractivity contribution in [2.24, 2.45) is 4.99 Å². The molecule has 2 aliphatic rings. The molecule has 2 aromatic rings. The number of aliphatic imine (C=N–C) groups is 1. The lowest BCUT2D eigenvalue weighted by atomic mass is 10.2. The number of amides is 2. The van der Waals surface area contributed by atoms with Crippen LogP contribution in [0.2, 0.25) is 0 Å². The van der Waals surface area contributed by atoms with Crippen LogP contribution in [0.1, 0.15) is 31.7 Å². The number of anilines is 1. The smallest absolute Gasteiger partial charge is 0.242 e. The lowest BCUT2D eigenvalue weighted by molar-refractivity contribution is -0.128. The highest BCUT2D eigenvalue weighted by Crippen LogP contribution is 2.39. The van der Waals surface area contributed by atoms with Crippen LogP contribution in [0.15, 0.2) is 47.5 Å². The predicted molar refractivity (Wildman–Crippen MR) is 114 cm³/mol. The molecule has 1 N–H and O–H groups in total. The van der Waals surface area contributed by atoms with E-state index in [0.717, 1.165) is 37.1 Å². The molecule has 5 nitrogen and oxygen atoms in total. The Hall–Kier alpha value is -2.74. The van der Waals surface area contributed by atoms with E-state index in [4.69, 9.17) is 0 Å². The summed E-state index contributed by atoms with van der Waals surface area (Å²) in [6.07, 6.45) is 2.65. The Morgan fingerprint density at radius 1 is 1.20 bits per heavy atom. The number of amidine groups is 1. The van der Waals surface area contributed by atoms with Crippen molar-refractivity contribution in [2.75, 3.05) is 5.32 Å². The summed E-state index contributed by atoms with van der Waals surface area (Å²) in [5, 5.41) is 2.39. The molecule has 30 heavy (non-hydrogen) atoms. The number of nitrogens with one attached hydrogen (secondary N) is 1. The molecule has 0 radical (unpaired) electrons. The molecule has 1 unspecified atom stereocenters. The summed E-state index contributed by atoms with van der Waals surface area (Å²) >= 11 is 1.26. The van der Waals surface area contributed by atoms with Gasteiger partial charge in [-0.15, -0.1) is 0 Å². The summed E-state index contributed by atoms with van der Waals surface area (Å²) in [5.41, 5.74) is 1.85. The average Bonchev–Trinajstić information content (AvgIpc) is 3.50. The van der Waals surface area contributed by atoms with Crippen molar-refractivity contribution in [3.05, 3.63) is 59.7 Å². The quantitative estimate of drug-likeness (QED) is 0.727. The summed E-state index contributed by atoms with van der Waals surface area (Å²) in [4.78, 5) is 31.6. The van der Waals surface area contributed by atoms with Crippen LogP contribution in [-0.2, 0) is 16.0 Å². The van der Waals surface area contributed by atoms with Crippen molar-refractivity contribution in [3.63, 3.8) is 0 Å². The number of hydrogen-bond donors (Lipinski definition) is 1. The Kier molecular flexibility index (Phi) is 5.85. The van der Waals surface area contributed by atoms with Crippen LogP contribution in [0.25, 0.3) is 0 Å². The number of nitrogens with zero attached hydrogens (tertiary/aromatic N) is 2. The van der Waals surface area contributed by atoms with E-state index in [0.29, 0.717) is 11.2 Å². The maximum absolute atomic E-state index is 13.8. The number of halogens is 2. The first-order valence-corrected chi connectivity index (χ1v) is 10.7. The minimum absolute atomic E-state index is 0.110. The van der Waals surface area contributed by atoms with Crippen molar-refractivity contribution < 1.29 is 18.4 Å². The topological polar surface area (TPSA) is 61.8 Å². The highest BCUT2D eigenvalue weighted by atomic mass is 32.2. The van der Waals surface area contributed by atoms with E-state index < -0.39 is 22.8 Å². The molecule has 4 rings (SSSR count). The zero-order valence-electron chi connectivity index (χ0n) is 16.4. The first-order valence-electron chi connectivity index (χ1n) is 9.87. The molecule has 2 aromatic carbocycles. The molecule has 8 heteroatoms. The van der Waals surface area contributed by atoms with Gasteiger partial charge in [-0.25, -0.2) is 13.8 Å². The SMILES string of the molecule is CCc1ccc(N=C2SC(CC(=O)Nc3ccc(F)cc3F)C(=O)N2C2CC2)cc1. The van der Waals surface area contributed by atoms with Crippen LogP contribution >= 0.6 is 11.8 Å². The van der Waals surface area contributed by atoms with Crippen molar-refractivity contribution in [1.29, 1.82) is 0 Å². The zero-order chi connectivity index (χ0) is 21.3. The van der Waals surface area contributed by atoms with E-state index in [-0.39, 0.29) is 24.1 Å². The fourth-order valence-electron chi connectivity index (χ4n) is 3.24. The highest BCUT2D eigenvalue weighted by Gasteiger charge is 2.46. The Labute approximate surface area is 177 Å². The fourth-order valence-corrected chi connectivity index (χ4v) is 4.45. The second kappa shape index (κ2) is 8.55. The molecular weight excluding hydrogens is 408 g/mol. The van der Waals surface area contributed by atoms with E-state index in [1.54, 1.807) is 4.90 Å². The lowest BCUT2D eigenvalue weighted by Crippen LogP contribution is -2.35. The van der Waals surface area contributed by atoms with E-state index >= 15 is 0 Å². The van der Waals surface area contributed by atoms with Crippen LogP contribution in [0.3, 0.4) is 0 Å². The van der Waals surface area contributed by atoms with E-state index in [9.17, 15) is 18.4 Å². The third kappa shape index (κ3) is 4.53. The van der Waals surface area contributed by atoms with Crippen molar-refractivity contribution in [2.45, 2.75) is 43.9 Å². The largest absolute Gasteiger partial charge is 0.324 e. The van der Waals surface area contributed by atoms with E-state index in [1.165, 1.54) is 17.3 Å². The number of carbonyl (C=O) groups excluding carboxylic acids is 2. The molecule has 1 saturated carbocycles. The third-order valence-electron chi connectivity index (χ3n) is 5.02. The minimum Gasteiger partial charge on any atom is -0.324 e. The Bertz CT molecular complexity index is 1010. The van der Waals surface area contributed by atoms with Crippen LogP contribution in [0.5, 0.6) is 0 Å². The van der Waals surface area contributed by atoms with Gasteiger partial charge in [0.15, 0.2) is 5.17 Å². The first kappa shape index (κ1) is 20.5. The standard InChI is InChI=1S/C22H21F2N3O2S/c1-2-13-3-6-15(7-4-13)25-22-27(16-8-9-16)21(29)19(30-22)12-20(28)26-18-10-5-14(23)11-17(18)24/h3-7,10-11,16,19H,2,8-9,12H2,1H3,(H,26,28). The third-order valence-corrected chi connectivity index (χ3v) is 6.18. The van der Waals surface area contributed by atoms with Crippen LogP contribution in [0, 0.1) is 11.6 Å². The van der Waals surface area contributed by atoms with Gasteiger partial charge >= 0.3 is 0 Å². The second-order valence-corrected chi connectivity index (χ2v) is 8.51. The number of aryl methyl sites for hydroxylation is 1. The second-order valence-electron chi connectivity index (χ2n) is 7.34. The number of benzene rings is 2. The molecular formula is C22H21F2N3O2S. The average molecular weight is 429 g/mol. The Morgan fingerprint density at radius 3 is 2.57 bits per heavy atom. The summed E-state index contributed by atoms with van der Waals surface area (Å²) in [7, 11) is 0. The van der Waals surface area contributed by atoms with Crippen LogP contribution < -0.4 is 5.32 Å². The number of carbonyl (C=O) groups is 2. The van der Waals surface area contributed by atoms with Gasteiger partial charge in [0, 0.05) is 18.5 Å².